The highest BCUT2D eigenvalue weighted by Crippen LogP contribution is 2.44. The molecule has 0 fully saturated rings. The van der Waals surface area contributed by atoms with Crippen molar-refractivity contribution in [3.63, 3.8) is 0 Å². The highest BCUT2D eigenvalue weighted by Gasteiger charge is 2.25. The third-order valence-electron chi connectivity index (χ3n) is 11.1. The van der Waals surface area contributed by atoms with Crippen LogP contribution in [0.3, 0.4) is 0 Å². The van der Waals surface area contributed by atoms with E-state index in [1.54, 1.807) is 0 Å². The van der Waals surface area contributed by atoms with Gasteiger partial charge in [-0.1, -0.05) is 152 Å². The van der Waals surface area contributed by atoms with Crippen LogP contribution in [-0.2, 0) is 0 Å². The van der Waals surface area contributed by atoms with Crippen LogP contribution in [0.25, 0.3) is 78.0 Å². The lowest BCUT2D eigenvalue weighted by Gasteiger charge is -2.28. The van der Waals surface area contributed by atoms with E-state index in [1.807, 2.05) is 18.2 Å². The Morgan fingerprint density at radius 1 is 0.404 bits per heavy atom. The Hall–Kier alpha value is -7.63. The fourth-order valence-corrected chi connectivity index (χ4v) is 8.42. The molecule has 0 bridgehead atoms. The molecule has 1 unspecified atom stereocenters. The zero-order valence-corrected chi connectivity index (χ0v) is 30.9. The van der Waals surface area contributed by atoms with Gasteiger partial charge in [0.05, 0.1) is 17.1 Å². The third-order valence-corrected chi connectivity index (χ3v) is 11.1. The molecule has 1 N–H and O–H groups in total. The second-order valence-electron chi connectivity index (χ2n) is 14.5. The summed E-state index contributed by atoms with van der Waals surface area (Å²) in [5.74, 6) is 1.89. The first-order valence-corrected chi connectivity index (χ1v) is 19.3. The summed E-state index contributed by atoms with van der Waals surface area (Å²) in [5, 5.41) is 8.53. The Morgan fingerprint density at radius 3 is 1.61 bits per heavy atom. The molecule has 0 saturated carbocycles. The average Bonchev–Trinajstić information content (AvgIpc) is 3.63. The molecule has 0 radical (unpaired) electrons. The summed E-state index contributed by atoms with van der Waals surface area (Å²) in [6.45, 7) is 0. The highest BCUT2D eigenvalue weighted by molar-refractivity contribution is 6.10. The fraction of sp³-hybridized carbons (Fsp3) is 0.0192. The van der Waals surface area contributed by atoms with Gasteiger partial charge in [-0.2, -0.15) is 0 Å². The zero-order valence-electron chi connectivity index (χ0n) is 30.9. The number of hydrogen-bond donors (Lipinski definition) is 1. The number of anilines is 1. The molecule has 11 rings (SSSR count). The Bertz CT molecular complexity index is 3080. The van der Waals surface area contributed by atoms with Crippen LogP contribution in [0.15, 0.2) is 200 Å². The number of nitrogens with zero attached hydrogens (tertiary/aromatic N) is 4. The summed E-state index contributed by atoms with van der Waals surface area (Å²) in [4.78, 5) is 15.5. The van der Waals surface area contributed by atoms with Crippen LogP contribution in [0.4, 0.5) is 5.69 Å². The Kier molecular flexibility index (Phi) is 7.81. The minimum absolute atomic E-state index is 0.0374. The highest BCUT2D eigenvalue weighted by atomic mass is 15.0. The molecule has 0 amide bonds. The molecule has 2 aromatic heterocycles. The Balaban J connectivity index is 1.06. The van der Waals surface area contributed by atoms with Crippen molar-refractivity contribution >= 4 is 43.8 Å². The van der Waals surface area contributed by atoms with Gasteiger partial charge in [0.25, 0.3) is 0 Å². The molecular formula is C52H35N5. The van der Waals surface area contributed by atoms with E-state index in [9.17, 15) is 0 Å². The molecule has 1 atom stereocenters. The van der Waals surface area contributed by atoms with E-state index < -0.39 is 0 Å². The molecule has 3 heterocycles. The van der Waals surface area contributed by atoms with Gasteiger partial charge in [0.15, 0.2) is 17.5 Å². The summed E-state index contributed by atoms with van der Waals surface area (Å²) < 4.78 is 2.33. The van der Waals surface area contributed by atoms with Gasteiger partial charge in [-0.3, -0.25) is 0 Å². The number of rotatable bonds is 6. The first-order valence-electron chi connectivity index (χ1n) is 19.3. The van der Waals surface area contributed by atoms with Gasteiger partial charge >= 0.3 is 0 Å². The van der Waals surface area contributed by atoms with Gasteiger partial charge in [0, 0.05) is 44.4 Å². The van der Waals surface area contributed by atoms with Gasteiger partial charge in [-0.15, -0.1) is 0 Å². The number of fused-ring (bicyclic) bond motifs is 6. The smallest absolute Gasteiger partial charge is 0.164 e. The molecule has 10 aromatic rings. The number of nitrogens with one attached hydrogen (secondary N) is 1. The molecule has 5 nitrogen and oxygen atoms in total. The maximum Gasteiger partial charge on any atom is 0.164 e. The molecule has 0 spiro atoms. The second-order valence-corrected chi connectivity index (χ2v) is 14.5. The van der Waals surface area contributed by atoms with Crippen molar-refractivity contribution in [2.45, 2.75) is 6.04 Å². The monoisotopic (exact) mass is 729 g/mol. The van der Waals surface area contributed by atoms with E-state index in [1.165, 1.54) is 44.1 Å². The maximum absolute atomic E-state index is 5.22. The van der Waals surface area contributed by atoms with E-state index in [0.29, 0.717) is 17.5 Å². The van der Waals surface area contributed by atoms with Gasteiger partial charge in [0.1, 0.15) is 0 Å². The molecule has 5 heteroatoms. The van der Waals surface area contributed by atoms with Crippen LogP contribution < -0.4 is 5.32 Å². The quantitative estimate of drug-likeness (QED) is 0.185. The van der Waals surface area contributed by atoms with E-state index in [4.69, 9.17) is 15.0 Å². The predicted octanol–water partition coefficient (Wildman–Crippen LogP) is 12.7. The molecule has 57 heavy (non-hydrogen) atoms. The van der Waals surface area contributed by atoms with Crippen molar-refractivity contribution in [1.29, 1.82) is 0 Å². The van der Waals surface area contributed by atoms with Crippen molar-refractivity contribution in [2.24, 2.45) is 0 Å². The van der Waals surface area contributed by atoms with Crippen LogP contribution in [0.5, 0.6) is 0 Å². The minimum atomic E-state index is 0.0374. The molecular weight excluding hydrogens is 695 g/mol. The van der Waals surface area contributed by atoms with E-state index in [2.05, 4.69) is 192 Å². The predicted molar refractivity (Wildman–Crippen MR) is 234 cm³/mol. The van der Waals surface area contributed by atoms with E-state index >= 15 is 0 Å². The largest absolute Gasteiger partial charge is 0.374 e. The number of benzene rings is 8. The molecule has 268 valence electrons. The zero-order chi connectivity index (χ0) is 37.7. The van der Waals surface area contributed by atoms with Crippen LogP contribution in [0.2, 0.25) is 0 Å². The normalized spacial score (nSPS) is 13.7. The first kappa shape index (κ1) is 32.8. The summed E-state index contributed by atoms with van der Waals surface area (Å²) in [7, 11) is 0. The lowest BCUT2D eigenvalue weighted by molar-refractivity contribution is 0.974. The summed E-state index contributed by atoms with van der Waals surface area (Å²) in [5.41, 5.74) is 12.1. The Morgan fingerprint density at radius 2 is 0.947 bits per heavy atom. The molecule has 1 aliphatic rings. The van der Waals surface area contributed by atoms with Crippen molar-refractivity contribution in [1.82, 2.24) is 19.5 Å². The van der Waals surface area contributed by atoms with Crippen molar-refractivity contribution in [2.75, 3.05) is 5.32 Å². The van der Waals surface area contributed by atoms with Gasteiger partial charge in [-0.25, -0.2) is 15.0 Å². The summed E-state index contributed by atoms with van der Waals surface area (Å²) >= 11 is 0. The van der Waals surface area contributed by atoms with Crippen LogP contribution in [-0.4, -0.2) is 19.5 Å². The topological polar surface area (TPSA) is 55.6 Å². The second kappa shape index (κ2) is 13.6. The van der Waals surface area contributed by atoms with Crippen molar-refractivity contribution in [3.8, 4) is 39.9 Å². The van der Waals surface area contributed by atoms with Gasteiger partial charge < -0.3 is 9.88 Å². The summed E-state index contributed by atoms with van der Waals surface area (Å²) in [6, 6.07) is 68.1. The van der Waals surface area contributed by atoms with Crippen molar-refractivity contribution in [3.05, 3.63) is 217 Å². The molecule has 0 aliphatic carbocycles. The number of para-hydroxylation sites is 2. The fourth-order valence-electron chi connectivity index (χ4n) is 8.42. The number of hydrogen-bond acceptors (Lipinski definition) is 4. The van der Waals surface area contributed by atoms with E-state index in [0.717, 1.165) is 38.8 Å². The molecule has 8 aromatic carbocycles. The van der Waals surface area contributed by atoms with Crippen molar-refractivity contribution < 1.29 is 0 Å². The minimum Gasteiger partial charge on any atom is -0.374 e. The van der Waals surface area contributed by atoms with Crippen LogP contribution in [0, 0.1) is 0 Å². The molecule has 1 aliphatic heterocycles. The number of aromatic nitrogens is 4. The lowest BCUT2D eigenvalue weighted by atomic mass is 9.85. The summed E-state index contributed by atoms with van der Waals surface area (Å²) in [6.07, 6.45) is 2.36. The van der Waals surface area contributed by atoms with Gasteiger partial charge in [0.2, 0.25) is 0 Å². The Labute approximate surface area is 330 Å². The molecule has 0 saturated heterocycles. The SMILES string of the molecule is C1=C(c2ccccc2)c2c(ccc3c(-c4nc(-c5ccccc5)nc(-c5ccc(-n6c7ccccc7c7ccccc76)cc5)n4)cccc23)NC1c1ccccc1. The van der Waals surface area contributed by atoms with Crippen LogP contribution >= 0.6 is 0 Å². The average molecular weight is 730 g/mol. The maximum atomic E-state index is 5.22. The van der Waals surface area contributed by atoms with Gasteiger partial charge in [-0.05, 0) is 76.0 Å². The first-order chi connectivity index (χ1) is 28.3. The van der Waals surface area contributed by atoms with Crippen LogP contribution in [0.1, 0.15) is 22.7 Å². The standard InChI is InChI=1S/C52H35N5/c1-4-15-34(16-5-1)44-33-46(35-17-6-2-7-18-35)53-45-32-31-39-42(49(44)45)23-14-24-43(39)52-55-50(36-19-8-3-9-20-36)54-51(56-52)37-27-29-38(30-28-37)57-47-25-12-10-21-40(47)41-22-11-13-26-48(41)57/h1-33,46,53H. The third kappa shape index (κ3) is 5.68. The van der Waals surface area contributed by atoms with E-state index in [-0.39, 0.29) is 6.04 Å². The lowest BCUT2D eigenvalue weighted by Crippen LogP contribution is -2.15.